The predicted molar refractivity (Wildman–Crippen MR) is 68.9 cm³/mol. The lowest BCUT2D eigenvalue weighted by Gasteiger charge is -2.22. The lowest BCUT2D eigenvalue weighted by molar-refractivity contribution is -0.126. The summed E-state index contributed by atoms with van der Waals surface area (Å²) in [5.74, 6) is 0.725. The van der Waals surface area contributed by atoms with Crippen LogP contribution in [-0.4, -0.2) is 38.3 Å². The summed E-state index contributed by atoms with van der Waals surface area (Å²) in [6.45, 7) is 7.20. The fourth-order valence-corrected chi connectivity index (χ4v) is 2.00. The van der Waals surface area contributed by atoms with Crippen LogP contribution in [0.5, 0.6) is 0 Å². The Kier molecular flexibility index (Phi) is 7.21. The minimum absolute atomic E-state index is 0.00104. The van der Waals surface area contributed by atoms with E-state index >= 15 is 0 Å². The molecule has 2 unspecified atom stereocenters. The molecule has 1 aliphatic rings. The van der Waals surface area contributed by atoms with Gasteiger partial charge in [0, 0.05) is 12.6 Å². The van der Waals surface area contributed by atoms with E-state index in [4.69, 9.17) is 4.74 Å². The van der Waals surface area contributed by atoms with Gasteiger partial charge in [-0.3, -0.25) is 4.79 Å². The maximum atomic E-state index is 11.4. The molecule has 2 N–H and O–H groups in total. The van der Waals surface area contributed by atoms with E-state index in [1.807, 2.05) is 6.92 Å². The highest BCUT2D eigenvalue weighted by molar-refractivity contribution is 5.77. The smallest absolute Gasteiger partial charge is 0.246 e. The largest absolute Gasteiger partial charge is 0.372 e. The van der Waals surface area contributed by atoms with E-state index in [0.717, 1.165) is 31.8 Å². The summed E-state index contributed by atoms with van der Waals surface area (Å²) in [6, 6.07) is 0.244. The van der Waals surface area contributed by atoms with E-state index in [0.29, 0.717) is 6.61 Å². The average molecular weight is 242 g/mol. The molecule has 0 saturated carbocycles. The van der Waals surface area contributed by atoms with Crippen LogP contribution in [0.2, 0.25) is 0 Å². The predicted octanol–water partition coefficient (Wildman–Crippen LogP) is 1.31. The standard InChI is InChI=1S/C13H26N2O2/c1-3-11(2)15-13(16)10-17-8-6-12-5-4-7-14-9-12/h11-12,14H,3-10H2,1-2H3,(H,15,16). The van der Waals surface area contributed by atoms with E-state index in [1.54, 1.807) is 0 Å². The van der Waals surface area contributed by atoms with E-state index in [2.05, 4.69) is 17.6 Å². The molecule has 17 heavy (non-hydrogen) atoms. The lowest BCUT2D eigenvalue weighted by Crippen LogP contribution is -2.35. The molecule has 1 fully saturated rings. The van der Waals surface area contributed by atoms with Crippen molar-refractivity contribution in [3.05, 3.63) is 0 Å². The Bertz CT molecular complexity index is 215. The molecule has 1 amide bonds. The molecule has 0 aromatic carbocycles. The first-order valence-electron chi connectivity index (χ1n) is 6.80. The van der Waals surface area contributed by atoms with Gasteiger partial charge in [0.25, 0.3) is 0 Å². The third kappa shape index (κ3) is 6.64. The number of hydrogen-bond acceptors (Lipinski definition) is 3. The molecule has 1 saturated heterocycles. The van der Waals surface area contributed by atoms with E-state index in [9.17, 15) is 4.79 Å². The van der Waals surface area contributed by atoms with Gasteiger partial charge >= 0.3 is 0 Å². The first-order chi connectivity index (χ1) is 8.22. The van der Waals surface area contributed by atoms with Crippen LogP contribution in [-0.2, 0) is 9.53 Å². The highest BCUT2D eigenvalue weighted by Gasteiger charge is 2.12. The van der Waals surface area contributed by atoms with Crippen LogP contribution in [0.4, 0.5) is 0 Å². The third-order valence-electron chi connectivity index (χ3n) is 3.32. The molecule has 2 atom stereocenters. The van der Waals surface area contributed by atoms with Gasteiger partial charge in [-0.25, -0.2) is 0 Å². The molecule has 1 rings (SSSR count). The van der Waals surface area contributed by atoms with Crippen LogP contribution in [0.15, 0.2) is 0 Å². The molecule has 1 heterocycles. The summed E-state index contributed by atoms with van der Waals surface area (Å²) in [6.07, 6.45) is 4.57. The number of piperidine rings is 1. The van der Waals surface area contributed by atoms with Gasteiger partial charge in [-0.15, -0.1) is 0 Å². The minimum atomic E-state index is 0.00104. The molecule has 0 aliphatic carbocycles. The summed E-state index contributed by atoms with van der Waals surface area (Å²) >= 11 is 0. The van der Waals surface area contributed by atoms with E-state index in [-0.39, 0.29) is 18.6 Å². The Labute approximate surface area is 104 Å². The number of nitrogens with one attached hydrogen (secondary N) is 2. The monoisotopic (exact) mass is 242 g/mol. The molecular formula is C13H26N2O2. The Balaban J connectivity index is 1.97. The second-order valence-electron chi connectivity index (χ2n) is 4.93. The van der Waals surface area contributed by atoms with Crippen molar-refractivity contribution >= 4 is 5.91 Å². The Morgan fingerprint density at radius 2 is 2.41 bits per heavy atom. The number of hydrogen-bond donors (Lipinski definition) is 2. The SMILES string of the molecule is CCC(C)NC(=O)COCCC1CCCNC1. The molecule has 0 spiro atoms. The Morgan fingerprint density at radius 1 is 1.59 bits per heavy atom. The summed E-state index contributed by atoms with van der Waals surface area (Å²) in [4.78, 5) is 11.4. The second-order valence-corrected chi connectivity index (χ2v) is 4.93. The molecule has 100 valence electrons. The summed E-state index contributed by atoms with van der Waals surface area (Å²) in [7, 11) is 0. The van der Waals surface area contributed by atoms with E-state index in [1.165, 1.54) is 12.8 Å². The normalized spacial score (nSPS) is 22.1. The van der Waals surface area contributed by atoms with Gasteiger partial charge < -0.3 is 15.4 Å². The molecule has 4 heteroatoms. The zero-order valence-corrected chi connectivity index (χ0v) is 11.1. The van der Waals surface area contributed by atoms with Gasteiger partial charge in [0.2, 0.25) is 5.91 Å². The molecule has 4 nitrogen and oxygen atoms in total. The quantitative estimate of drug-likeness (QED) is 0.662. The molecule has 0 aromatic rings. The van der Waals surface area contributed by atoms with Crippen molar-refractivity contribution in [1.82, 2.24) is 10.6 Å². The summed E-state index contributed by atoms with van der Waals surface area (Å²) in [5.41, 5.74) is 0. The number of rotatable bonds is 7. The number of carbonyl (C=O) groups excluding carboxylic acids is 1. The molecule has 0 aromatic heterocycles. The first-order valence-corrected chi connectivity index (χ1v) is 6.80. The number of carbonyl (C=O) groups is 1. The molecule has 0 bridgehead atoms. The van der Waals surface area contributed by atoms with Crippen molar-refractivity contribution in [1.29, 1.82) is 0 Å². The van der Waals surface area contributed by atoms with Crippen molar-refractivity contribution in [2.75, 3.05) is 26.3 Å². The maximum absolute atomic E-state index is 11.4. The Hall–Kier alpha value is -0.610. The van der Waals surface area contributed by atoms with Crippen LogP contribution in [0.3, 0.4) is 0 Å². The lowest BCUT2D eigenvalue weighted by atomic mass is 9.97. The van der Waals surface area contributed by atoms with Gasteiger partial charge in [0.05, 0.1) is 0 Å². The topological polar surface area (TPSA) is 50.4 Å². The van der Waals surface area contributed by atoms with Crippen LogP contribution < -0.4 is 10.6 Å². The first kappa shape index (κ1) is 14.5. The van der Waals surface area contributed by atoms with Crippen LogP contribution in [0.25, 0.3) is 0 Å². The highest BCUT2D eigenvalue weighted by Crippen LogP contribution is 2.13. The van der Waals surface area contributed by atoms with Crippen LogP contribution >= 0.6 is 0 Å². The molecule has 1 aliphatic heterocycles. The number of ether oxygens (including phenoxy) is 1. The molecular weight excluding hydrogens is 216 g/mol. The van der Waals surface area contributed by atoms with Gasteiger partial charge in [-0.1, -0.05) is 6.92 Å². The maximum Gasteiger partial charge on any atom is 0.246 e. The van der Waals surface area contributed by atoms with Crippen molar-refractivity contribution in [3.8, 4) is 0 Å². The van der Waals surface area contributed by atoms with E-state index < -0.39 is 0 Å². The fraction of sp³-hybridized carbons (Fsp3) is 0.923. The summed E-state index contributed by atoms with van der Waals surface area (Å²) in [5, 5.41) is 6.28. The van der Waals surface area contributed by atoms with Crippen molar-refractivity contribution in [2.24, 2.45) is 5.92 Å². The Morgan fingerprint density at radius 3 is 3.06 bits per heavy atom. The third-order valence-corrected chi connectivity index (χ3v) is 3.32. The summed E-state index contributed by atoms with van der Waals surface area (Å²) < 4.78 is 5.40. The number of amides is 1. The minimum Gasteiger partial charge on any atom is -0.372 e. The van der Waals surface area contributed by atoms with Crippen molar-refractivity contribution in [3.63, 3.8) is 0 Å². The zero-order valence-electron chi connectivity index (χ0n) is 11.1. The van der Waals surface area contributed by atoms with Crippen LogP contribution in [0, 0.1) is 5.92 Å². The molecule has 0 radical (unpaired) electrons. The van der Waals surface area contributed by atoms with Crippen molar-refractivity contribution in [2.45, 2.75) is 45.6 Å². The van der Waals surface area contributed by atoms with Gasteiger partial charge in [-0.2, -0.15) is 0 Å². The fourth-order valence-electron chi connectivity index (χ4n) is 2.00. The highest BCUT2D eigenvalue weighted by atomic mass is 16.5. The van der Waals surface area contributed by atoms with Gasteiger partial charge in [0.15, 0.2) is 0 Å². The zero-order chi connectivity index (χ0) is 12.5. The second kappa shape index (κ2) is 8.48. The average Bonchev–Trinajstić information content (AvgIpc) is 2.36. The van der Waals surface area contributed by atoms with Crippen LogP contribution in [0.1, 0.15) is 39.5 Å². The van der Waals surface area contributed by atoms with Gasteiger partial charge in [-0.05, 0) is 51.6 Å². The van der Waals surface area contributed by atoms with Crippen molar-refractivity contribution < 1.29 is 9.53 Å². The van der Waals surface area contributed by atoms with Gasteiger partial charge in [0.1, 0.15) is 6.61 Å².